The SMILES string of the molecule is CCc1ncc(CNC(C)CO)s1. The van der Waals surface area contributed by atoms with Crippen LogP contribution in [0.4, 0.5) is 0 Å². The van der Waals surface area contributed by atoms with Crippen molar-refractivity contribution in [3.63, 3.8) is 0 Å². The van der Waals surface area contributed by atoms with Crippen molar-refractivity contribution in [2.24, 2.45) is 0 Å². The van der Waals surface area contributed by atoms with E-state index in [9.17, 15) is 0 Å². The second kappa shape index (κ2) is 5.32. The van der Waals surface area contributed by atoms with Crippen LogP contribution in [0.2, 0.25) is 0 Å². The summed E-state index contributed by atoms with van der Waals surface area (Å²) in [6.45, 7) is 5.05. The monoisotopic (exact) mass is 200 g/mol. The number of hydrogen-bond donors (Lipinski definition) is 2. The van der Waals surface area contributed by atoms with Crippen LogP contribution in [-0.4, -0.2) is 22.7 Å². The maximum absolute atomic E-state index is 8.79. The van der Waals surface area contributed by atoms with Gasteiger partial charge in [-0.15, -0.1) is 11.3 Å². The number of thiazole rings is 1. The molecule has 74 valence electrons. The number of aliphatic hydroxyl groups excluding tert-OH is 1. The summed E-state index contributed by atoms with van der Waals surface area (Å²) < 4.78 is 0. The molecule has 0 radical (unpaired) electrons. The topological polar surface area (TPSA) is 45.2 Å². The van der Waals surface area contributed by atoms with Crippen molar-refractivity contribution >= 4 is 11.3 Å². The van der Waals surface area contributed by atoms with Crippen molar-refractivity contribution in [2.45, 2.75) is 32.9 Å². The van der Waals surface area contributed by atoms with E-state index >= 15 is 0 Å². The van der Waals surface area contributed by atoms with Crippen molar-refractivity contribution in [3.05, 3.63) is 16.1 Å². The number of rotatable bonds is 5. The third-order valence-electron chi connectivity index (χ3n) is 1.80. The molecule has 1 aromatic heterocycles. The third-order valence-corrected chi connectivity index (χ3v) is 2.94. The number of nitrogens with one attached hydrogen (secondary N) is 1. The molecule has 3 nitrogen and oxygen atoms in total. The summed E-state index contributed by atoms with van der Waals surface area (Å²) in [4.78, 5) is 5.49. The zero-order chi connectivity index (χ0) is 9.68. The Hall–Kier alpha value is -0.450. The lowest BCUT2D eigenvalue weighted by Crippen LogP contribution is -2.28. The lowest BCUT2D eigenvalue weighted by molar-refractivity contribution is 0.251. The summed E-state index contributed by atoms with van der Waals surface area (Å²) >= 11 is 1.73. The van der Waals surface area contributed by atoms with Gasteiger partial charge in [-0.05, 0) is 13.3 Å². The number of aromatic nitrogens is 1. The highest BCUT2D eigenvalue weighted by Gasteiger charge is 2.02. The Labute approximate surface area is 82.8 Å². The van der Waals surface area contributed by atoms with E-state index in [4.69, 9.17) is 5.11 Å². The molecule has 0 saturated heterocycles. The fraction of sp³-hybridized carbons (Fsp3) is 0.667. The molecule has 4 heteroatoms. The predicted octanol–water partition coefficient (Wildman–Crippen LogP) is 1.18. The first-order chi connectivity index (χ1) is 6.26. The molecule has 1 atom stereocenters. The Kier molecular flexibility index (Phi) is 4.35. The maximum Gasteiger partial charge on any atom is 0.0925 e. The van der Waals surface area contributed by atoms with Gasteiger partial charge in [-0.1, -0.05) is 6.92 Å². The molecule has 2 N–H and O–H groups in total. The van der Waals surface area contributed by atoms with Gasteiger partial charge >= 0.3 is 0 Å². The average molecular weight is 200 g/mol. The molecule has 1 heterocycles. The molecule has 1 rings (SSSR count). The number of aliphatic hydroxyl groups is 1. The Morgan fingerprint density at radius 2 is 2.46 bits per heavy atom. The molecular weight excluding hydrogens is 184 g/mol. The second-order valence-corrected chi connectivity index (χ2v) is 4.24. The molecule has 0 saturated carbocycles. The molecular formula is C9H16N2OS. The fourth-order valence-corrected chi connectivity index (χ4v) is 1.75. The second-order valence-electron chi connectivity index (χ2n) is 3.04. The van der Waals surface area contributed by atoms with Crippen molar-refractivity contribution in [1.82, 2.24) is 10.3 Å². The molecule has 0 aliphatic heterocycles. The minimum Gasteiger partial charge on any atom is -0.395 e. The molecule has 13 heavy (non-hydrogen) atoms. The van der Waals surface area contributed by atoms with Crippen LogP contribution < -0.4 is 5.32 Å². The highest BCUT2D eigenvalue weighted by Crippen LogP contribution is 2.12. The lowest BCUT2D eigenvalue weighted by atomic mass is 10.3. The van der Waals surface area contributed by atoms with Crippen molar-refractivity contribution in [1.29, 1.82) is 0 Å². The van der Waals surface area contributed by atoms with Crippen molar-refractivity contribution in [2.75, 3.05) is 6.61 Å². The Morgan fingerprint density at radius 3 is 3.00 bits per heavy atom. The normalized spacial score (nSPS) is 13.2. The largest absolute Gasteiger partial charge is 0.395 e. The van der Waals surface area contributed by atoms with Gasteiger partial charge in [0.1, 0.15) is 0 Å². The van der Waals surface area contributed by atoms with Gasteiger partial charge in [-0.25, -0.2) is 4.98 Å². The van der Waals surface area contributed by atoms with Crippen molar-refractivity contribution < 1.29 is 5.11 Å². The number of nitrogens with zero attached hydrogens (tertiary/aromatic N) is 1. The van der Waals surface area contributed by atoms with Gasteiger partial charge in [0, 0.05) is 23.7 Å². The van der Waals surface area contributed by atoms with Crippen LogP contribution in [-0.2, 0) is 13.0 Å². The van der Waals surface area contributed by atoms with Gasteiger partial charge in [0.2, 0.25) is 0 Å². The Morgan fingerprint density at radius 1 is 1.69 bits per heavy atom. The Balaban J connectivity index is 2.36. The van der Waals surface area contributed by atoms with E-state index in [2.05, 4.69) is 17.2 Å². The maximum atomic E-state index is 8.79. The van der Waals surface area contributed by atoms with Crippen LogP contribution in [0.25, 0.3) is 0 Å². The Bertz CT molecular complexity index is 250. The minimum atomic E-state index is 0.159. The van der Waals surface area contributed by atoms with Gasteiger partial charge in [0.15, 0.2) is 0 Å². The van der Waals surface area contributed by atoms with Gasteiger partial charge in [0.05, 0.1) is 11.6 Å². The van der Waals surface area contributed by atoms with Gasteiger partial charge < -0.3 is 10.4 Å². The quantitative estimate of drug-likeness (QED) is 0.750. The molecule has 0 aliphatic rings. The minimum absolute atomic E-state index is 0.159. The van der Waals surface area contributed by atoms with E-state index < -0.39 is 0 Å². The van der Waals surface area contributed by atoms with E-state index in [1.165, 1.54) is 9.88 Å². The lowest BCUT2D eigenvalue weighted by Gasteiger charge is -2.08. The van der Waals surface area contributed by atoms with Gasteiger partial charge in [-0.2, -0.15) is 0 Å². The summed E-state index contributed by atoms with van der Waals surface area (Å²) in [6, 6.07) is 0.159. The summed E-state index contributed by atoms with van der Waals surface area (Å²) in [5.41, 5.74) is 0. The van der Waals surface area contributed by atoms with Crippen LogP contribution in [0.15, 0.2) is 6.20 Å². The predicted molar refractivity (Wildman–Crippen MR) is 54.9 cm³/mol. The standard InChI is InChI=1S/C9H16N2OS/c1-3-9-11-5-8(13-9)4-10-7(2)6-12/h5,7,10,12H,3-4,6H2,1-2H3. The first-order valence-corrected chi connectivity index (χ1v) is 5.35. The molecule has 0 bridgehead atoms. The van der Waals surface area contributed by atoms with Crippen LogP contribution >= 0.6 is 11.3 Å². The van der Waals surface area contributed by atoms with Crippen LogP contribution in [0.5, 0.6) is 0 Å². The van der Waals surface area contributed by atoms with Gasteiger partial charge in [0.25, 0.3) is 0 Å². The van der Waals surface area contributed by atoms with E-state index in [0.29, 0.717) is 0 Å². The summed E-state index contributed by atoms with van der Waals surface area (Å²) in [5.74, 6) is 0. The van der Waals surface area contributed by atoms with E-state index in [1.807, 2.05) is 13.1 Å². The molecule has 1 unspecified atom stereocenters. The molecule has 0 aromatic carbocycles. The van der Waals surface area contributed by atoms with E-state index in [0.717, 1.165) is 13.0 Å². The smallest absolute Gasteiger partial charge is 0.0925 e. The first-order valence-electron chi connectivity index (χ1n) is 4.54. The zero-order valence-corrected chi connectivity index (χ0v) is 8.90. The summed E-state index contributed by atoms with van der Waals surface area (Å²) in [6.07, 6.45) is 2.90. The third kappa shape index (κ3) is 3.42. The zero-order valence-electron chi connectivity index (χ0n) is 8.08. The van der Waals surface area contributed by atoms with E-state index in [1.54, 1.807) is 11.3 Å². The summed E-state index contributed by atoms with van der Waals surface area (Å²) in [5, 5.41) is 13.2. The van der Waals surface area contributed by atoms with Crippen molar-refractivity contribution in [3.8, 4) is 0 Å². The molecule has 0 spiro atoms. The molecule has 0 aliphatic carbocycles. The van der Waals surface area contributed by atoms with Gasteiger partial charge in [-0.3, -0.25) is 0 Å². The highest BCUT2D eigenvalue weighted by atomic mass is 32.1. The number of hydrogen-bond acceptors (Lipinski definition) is 4. The fourth-order valence-electron chi connectivity index (χ4n) is 0.933. The highest BCUT2D eigenvalue weighted by molar-refractivity contribution is 7.11. The molecule has 1 aromatic rings. The van der Waals surface area contributed by atoms with Crippen LogP contribution in [0.3, 0.4) is 0 Å². The van der Waals surface area contributed by atoms with E-state index in [-0.39, 0.29) is 12.6 Å². The van der Waals surface area contributed by atoms with Crippen LogP contribution in [0.1, 0.15) is 23.7 Å². The molecule has 0 fully saturated rings. The van der Waals surface area contributed by atoms with Crippen LogP contribution in [0, 0.1) is 0 Å². The first kappa shape index (κ1) is 10.6. The summed E-state index contributed by atoms with van der Waals surface area (Å²) in [7, 11) is 0. The molecule has 0 amide bonds. The average Bonchev–Trinajstić information content (AvgIpc) is 2.61. The number of aryl methyl sites for hydroxylation is 1.